The van der Waals surface area contributed by atoms with Crippen LogP contribution in [0.1, 0.15) is 57.3 Å². The molecule has 3 aliphatic heterocycles. The van der Waals surface area contributed by atoms with Crippen molar-refractivity contribution in [2.24, 2.45) is 11.8 Å². The van der Waals surface area contributed by atoms with E-state index < -0.39 is 58.4 Å². The molecule has 2 bridgehead atoms. The summed E-state index contributed by atoms with van der Waals surface area (Å²) < 4.78 is 63.2. The fourth-order valence-corrected chi connectivity index (χ4v) is 6.16. The van der Waals surface area contributed by atoms with Gasteiger partial charge >= 0.3 is 6.18 Å². The fourth-order valence-electron chi connectivity index (χ4n) is 6.16. The molecule has 1 aromatic heterocycles. The number of nitrogens with zero attached hydrogens (tertiary/aromatic N) is 2. The molecule has 12 heteroatoms. The molecule has 196 valence electrons. The smallest absolute Gasteiger partial charge is 0.412 e. The first kappa shape index (κ1) is 24.0. The molecule has 2 aromatic rings. The summed E-state index contributed by atoms with van der Waals surface area (Å²) in [6.07, 6.45) is -2.35. The Morgan fingerprint density at radius 2 is 1.97 bits per heavy atom. The minimum Gasteiger partial charge on any atom is -0.503 e. The third kappa shape index (κ3) is 3.72. The number of ether oxygens (including phenoxy) is 1. The van der Waals surface area contributed by atoms with Crippen LogP contribution in [0.5, 0.6) is 5.75 Å². The SMILES string of the molecule is Cc1ccc([C@H](NC(=O)c2cn3c(c(O)c2=O)C(=O)N2[C@@H](C3)OC3CC[C@H]2C2C[C@H]32)C(F)(F)F)c(F)c1. The summed E-state index contributed by atoms with van der Waals surface area (Å²) in [5.74, 6) is -3.61. The number of aryl methyl sites for hydroxylation is 1. The number of aromatic nitrogens is 1. The molecule has 2 aliphatic carbocycles. The lowest BCUT2D eigenvalue weighted by atomic mass is 9.92. The Morgan fingerprint density at radius 1 is 1.22 bits per heavy atom. The van der Waals surface area contributed by atoms with Gasteiger partial charge in [0, 0.05) is 17.8 Å². The van der Waals surface area contributed by atoms with Crippen molar-refractivity contribution in [1.29, 1.82) is 0 Å². The minimum atomic E-state index is -5.08. The van der Waals surface area contributed by atoms with Crippen molar-refractivity contribution in [2.75, 3.05) is 0 Å². The second kappa shape index (κ2) is 8.04. The lowest BCUT2D eigenvalue weighted by molar-refractivity contribution is -0.155. The van der Waals surface area contributed by atoms with Crippen LogP contribution in [0.15, 0.2) is 29.2 Å². The molecule has 2 amide bonds. The summed E-state index contributed by atoms with van der Waals surface area (Å²) >= 11 is 0. The number of carbonyl (C=O) groups is 2. The second-order valence-electron chi connectivity index (χ2n) is 10.2. The molecule has 0 spiro atoms. The monoisotopic (exact) mass is 521 g/mol. The van der Waals surface area contributed by atoms with Crippen molar-refractivity contribution in [3.63, 3.8) is 0 Å². The Labute approximate surface area is 207 Å². The van der Waals surface area contributed by atoms with Gasteiger partial charge in [-0.15, -0.1) is 0 Å². The molecule has 2 saturated heterocycles. The van der Waals surface area contributed by atoms with Gasteiger partial charge in [-0.05, 0) is 49.7 Å². The molecule has 4 fully saturated rings. The van der Waals surface area contributed by atoms with Crippen LogP contribution in [-0.2, 0) is 11.3 Å². The molecular weight excluding hydrogens is 498 g/mol. The van der Waals surface area contributed by atoms with Gasteiger partial charge in [-0.25, -0.2) is 4.39 Å². The van der Waals surface area contributed by atoms with Gasteiger partial charge in [0.05, 0.1) is 12.6 Å². The quantitative estimate of drug-likeness (QED) is 0.605. The van der Waals surface area contributed by atoms with E-state index in [1.165, 1.54) is 17.6 Å². The maximum absolute atomic E-state index is 14.4. The molecule has 6 atom stereocenters. The van der Waals surface area contributed by atoms with Crippen molar-refractivity contribution in [3.8, 4) is 5.75 Å². The molecule has 37 heavy (non-hydrogen) atoms. The van der Waals surface area contributed by atoms with E-state index in [1.54, 1.807) is 10.2 Å². The number of aromatic hydroxyl groups is 1. The Hall–Kier alpha value is -3.41. The zero-order valence-corrected chi connectivity index (χ0v) is 19.6. The number of rotatable bonds is 3. The van der Waals surface area contributed by atoms with E-state index in [9.17, 15) is 37.1 Å². The molecule has 1 aromatic carbocycles. The summed E-state index contributed by atoms with van der Waals surface area (Å²) in [7, 11) is 0. The molecule has 0 radical (unpaired) electrons. The Balaban J connectivity index is 1.35. The van der Waals surface area contributed by atoms with Crippen LogP contribution >= 0.6 is 0 Å². The van der Waals surface area contributed by atoms with Crippen LogP contribution in [0, 0.1) is 24.6 Å². The number of pyridine rings is 1. The summed E-state index contributed by atoms with van der Waals surface area (Å²) in [5, 5.41) is 12.3. The third-order valence-corrected chi connectivity index (χ3v) is 7.97. The lowest BCUT2D eigenvalue weighted by Gasteiger charge is -2.40. The summed E-state index contributed by atoms with van der Waals surface area (Å²) in [6, 6.07) is 0.262. The first-order valence-corrected chi connectivity index (χ1v) is 12.0. The van der Waals surface area contributed by atoms with Crippen LogP contribution in [-0.4, -0.2) is 50.9 Å². The summed E-state index contributed by atoms with van der Waals surface area (Å²) in [5.41, 5.74) is -2.85. The van der Waals surface area contributed by atoms with Crippen LogP contribution in [0.4, 0.5) is 17.6 Å². The Kier molecular flexibility index (Phi) is 5.21. The molecule has 8 nitrogen and oxygen atoms in total. The zero-order valence-electron chi connectivity index (χ0n) is 19.6. The van der Waals surface area contributed by atoms with E-state index in [4.69, 9.17) is 4.74 Å². The molecule has 5 aliphatic rings. The highest BCUT2D eigenvalue weighted by atomic mass is 19.4. The zero-order chi connectivity index (χ0) is 26.4. The predicted molar refractivity (Wildman–Crippen MR) is 119 cm³/mol. The third-order valence-electron chi connectivity index (χ3n) is 7.97. The number of carbonyl (C=O) groups excluding carboxylic acids is 2. The topological polar surface area (TPSA) is 101 Å². The predicted octanol–water partition coefficient (Wildman–Crippen LogP) is 3.01. The highest BCUT2D eigenvalue weighted by Crippen LogP contribution is 2.56. The van der Waals surface area contributed by atoms with Crippen molar-refractivity contribution in [1.82, 2.24) is 14.8 Å². The number of nitrogens with one attached hydrogen (secondary N) is 1. The average molecular weight is 521 g/mol. The Morgan fingerprint density at radius 3 is 2.68 bits per heavy atom. The number of hydrogen-bond acceptors (Lipinski definition) is 5. The van der Waals surface area contributed by atoms with Gasteiger partial charge in [-0.1, -0.05) is 12.1 Å². The summed E-state index contributed by atoms with van der Waals surface area (Å²) in [4.78, 5) is 40.8. The van der Waals surface area contributed by atoms with Crippen molar-refractivity contribution >= 4 is 11.8 Å². The van der Waals surface area contributed by atoms with E-state index in [0.717, 1.165) is 37.6 Å². The van der Waals surface area contributed by atoms with Crippen LogP contribution < -0.4 is 10.7 Å². The highest BCUT2D eigenvalue weighted by Gasteiger charge is 2.59. The van der Waals surface area contributed by atoms with E-state index in [-0.39, 0.29) is 24.4 Å². The molecule has 2 unspecified atom stereocenters. The van der Waals surface area contributed by atoms with E-state index >= 15 is 0 Å². The van der Waals surface area contributed by atoms with Crippen LogP contribution in [0.2, 0.25) is 0 Å². The van der Waals surface area contributed by atoms with E-state index in [0.29, 0.717) is 17.4 Å². The lowest BCUT2D eigenvalue weighted by Crippen LogP contribution is -2.54. The second-order valence-corrected chi connectivity index (χ2v) is 10.2. The van der Waals surface area contributed by atoms with Crippen LogP contribution in [0.25, 0.3) is 0 Å². The van der Waals surface area contributed by atoms with Gasteiger partial charge in [0.25, 0.3) is 11.8 Å². The minimum absolute atomic E-state index is 0.00305. The van der Waals surface area contributed by atoms with Gasteiger partial charge in [0.1, 0.15) is 11.4 Å². The van der Waals surface area contributed by atoms with E-state index in [2.05, 4.69) is 0 Å². The average Bonchev–Trinajstić information content (AvgIpc) is 3.63. The molecular formula is C25H23F4N3O5. The number of benzene rings is 1. The van der Waals surface area contributed by atoms with Crippen molar-refractivity contribution in [2.45, 2.75) is 63.3 Å². The summed E-state index contributed by atoms with van der Waals surface area (Å²) in [6.45, 7) is 1.50. The van der Waals surface area contributed by atoms with Gasteiger partial charge in [-0.2, -0.15) is 13.2 Å². The highest BCUT2D eigenvalue weighted by molar-refractivity contribution is 5.99. The van der Waals surface area contributed by atoms with Crippen LogP contribution in [0.3, 0.4) is 0 Å². The molecule has 7 rings (SSSR count). The first-order chi connectivity index (χ1) is 17.5. The number of halogens is 4. The number of alkyl halides is 3. The number of fused-ring (bicyclic) bond motifs is 2. The normalized spacial score (nSPS) is 28.6. The van der Waals surface area contributed by atoms with E-state index in [1.807, 2.05) is 0 Å². The standard InChI is InChI=1S/C25H23F4N3O5/c1-10-2-3-11(15(26)6-10)22(25(27,28)29)30-23(35)14-8-31-9-18-32(24(36)19(31)21(34)20(14)33)16-4-5-17(37-18)13-7-12(13)16/h2-3,6,8,12-13,16-18,22,34H,4-5,7,9H2,1H3,(H,30,35)/t12?,13-,16-,17?,18+,22-/m0/s1. The van der Waals surface area contributed by atoms with Gasteiger partial charge in [0.2, 0.25) is 5.43 Å². The molecule has 2 N–H and O–H groups in total. The van der Waals surface area contributed by atoms with Gasteiger partial charge < -0.3 is 24.6 Å². The molecule has 2 saturated carbocycles. The van der Waals surface area contributed by atoms with Gasteiger partial charge in [0.15, 0.2) is 23.7 Å². The molecule has 4 heterocycles. The fraction of sp³-hybridized carbons (Fsp3) is 0.480. The number of hydrogen-bond donors (Lipinski definition) is 2. The largest absolute Gasteiger partial charge is 0.503 e. The first-order valence-electron chi connectivity index (χ1n) is 12.0. The number of amides is 2. The maximum Gasteiger partial charge on any atom is 0.412 e. The van der Waals surface area contributed by atoms with Crippen molar-refractivity contribution in [3.05, 3.63) is 62.8 Å². The van der Waals surface area contributed by atoms with Gasteiger partial charge in [-0.3, -0.25) is 14.4 Å². The maximum atomic E-state index is 14.4. The Bertz CT molecular complexity index is 1390. The van der Waals surface area contributed by atoms with Crippen molar-refractivity contribution < 1.29 is 37.0 Å².